The van der Waals surface area contributed by atoms with E-state index in [1.807, 2.05) is 0 Å². The molecule has 0 aliphatic heterocycles. The number of nitrogens with one attached hydrogen (secondary N) is 1. The van der Waals surface area contributed by atoms with Crippen molar-refractivity contribution < 1.29 is 0 Å². The minimum absolute atomic E-state index is 0.342. The Bertz CT molecular complexity index is 370. The summed E-state index contributed by atoms with van der Waals surface area (Å²) < 4.78 is 0.940. The minimum Gasteiger partial charge on any atom is -0.396 e. The van der Waals surface area contributed by atoms with Gasteiger partial charge in [-0.1, -0.05) is 20.3 Å². The lowest BCUT2D eigenvalue weighted by molar-refractivity contribution is 0.350. The van der Waals surface area contributed by atoms with E-state index in [4.69, 9.17) is 5.73 Å². The van der Waals surface area contributed by atoms with Crippen molar-refractivity contribution in [2.75, 3.05) is 11.1 Å². The van der Waals surface area contributed by atoms with Gasteiger partial charge in [-0.2, -0.15) is 0 Å². The lowest BCUT2D eigenvalue weighted by atomic mass is 9.87. The zero-order valence-corrected chi connectivity index (χ0v) is 11.3. The van der Waals surface area contributed by atoms with Gasteiger partial charge in [0.1, 0.15) is 0 Å². The first-order valence-corrected chi connectivity index (χ1v) is 6.45. The zero-order valence-electron chi connectivity index (χ0n) is 9.76. The van der Waals surface area contributed by atoms with E-state index in [0.717, 1.165) is 10.2 Å². The molecule has 0 bridgehead atoms. The summed E-state index contributed by atoms with van der Waals surface area (Å²) in [6, 6.07) is 0.494. The summed E-state index contributed by atoms with van der Waals surface area (Å²) in [5.74, 6) is 0. The highest BCUT2D eigenvalue weighted by molar-refractivity contribution is 9.10. The molecular formula is C12H18BrN3. The fourth-order valence-electron chi connectivity index (χ4n) is 2.37. The van der Waals surface area contributed by atoms with E-state index < -0.39 is 0 Å². The first kappa shape index (κ1) is 11.7. The highest BCUT2D eigenvalue weighted by Crippen LogP contribution is 2.40. The number of pyridine rings is 1. The molecule has 1 unspecified atom stereocenters. The highest BCUT2D eigenvalue weighted by atomic mass is 79.9. The topological polar surface area (TPSA) is 50.9 Å². The lowest BCUT2D eigenvalue weighted by Gasteiger charge is -2.29. The number of nitrogens with zero attached hydrogens (tertiary/aromatic N) is 1. The third-order valence-corrected chi connectivity index (χ3v) is 4.11. The van der Waals surface area contributed by atoms with Crippen molar-refractivity contribution in [3.63, 3.8) is 0 Å². The Balaban J connectivity index is 2.21. The summed E-state index contributed by atoms with van der Waals surface area (Å²) in [6.45, 7) is 4.62. The van der Waals surface area contributed by atoms with Crippen LogP contribution in [0.15, 0.2) is 16.9 Å². The molecule has 1 aromatic rings. The van der Waals surface area contributed by atoms with Gasteiger partial charge in [-0.15, -0.1) is 0 Å². The van der Waals surface area contributed by atoms with Gasteiger partial charge in [0.05, 0.1) is 22.0 Å². The maximum Gasteiger partial charge on any atom is 0.0752 e. The molecule has 1 heterocycles. The second kappa shape index (κ2) is 4.24. The molecule has 0 saturated heterocycles. The van der Waals surface area contributed by atoms with Gasteiger partial charge in [0.2, 0.25) is 0 Å². The molecule has 1 atom stereocenters. The highest BCUT2D eigenvalue weighted by Gasteiger charge is 2.34. The SMILES string of the molecule is CC1(C)CCCC1Nc1c(N)cncc1Br. The van der Waals surface area contributed by atoms with Gasteiger partial charge in [-0.05, 0) is 34.2 Å². The smallest absolute Gasteiger partial charge is 0.0752 e. The third kappa shape index (κ3) is 2.17. The van der Waals surface area contributed by atoms with Crippen LogP contribution in [0.3, 0.4) is 0 Å². The Labute approximate surface area is 105 Å². The average molecular weight is 284 g/mol. The molecule has 0 spiro atoms. The van der Waals surface area contributed by atoms with Gasteiger partial charge in [-0.25, -0.2) is 0 Å². The Hall–Kier alpha value is -0.770. The first-order valence-electron chi connectivity index (χ1n) is 5.66. The van der Waals surface area contributed by atoms with Crippen LogP contribution in [0.1, 0.15) is 33.1 Å². The molecule has 1 aliphatic carbocycles. The molecule has 1 aliphatic rings. The van der Waals surface area contributed by atoms with Crippen LogP contribution >= 0.6 is 15.9 Å². The van der Waals surface area contributed by atoms with Gasteiger partial charge >= 0.3 is 0 Å². The lowest BCUT2D eigenvalue weighted by Crippen LogP contribution is -2.31. The molecule has 88 valence electrons. The second-order valence-corrected chi connectivity index (χ2v) is 6.02. The van der Waals surface area contributed by atoms with E-state index in [0.29, 0.717) is 17.1 Å². The predicted octanol–water partition coefficient (Wildman–Crippen LogP) is 3.42. The van der Waals surface area contributed by atoms with Gasteiger partial charge < -0.3 is 11.1 Å². The van der Waals surface area contributed by atoms with Crippen LogP contribution in [0, 0.1) is 5.41 Å². The van der Waals surface area contributed by atoms with Crippen LogP contribution in [0.5, 0.6) is 0 Å². The van der Waals surface area contributed by atoms with E-state index in [1.165, 1.54) is 19.3 Å². The number of hydrogen-bond acceptors (Lipinski definition) is 3. The average Bonchev–Trinajstić information content (AvgIpc) is 2.52. The number of aromatic nitrogens is 1. The third-order valence-electron chi connectivity index (χ3n) is 3.50. The van der Waals surface area contributed by atoms with Gasteiger partial charge in [0, 0.05) is 12.2 Å². The molecule has 2 rings (SSSR count). The zero-order chi connectivity index (χ0) is 11.8. The van der Waals surface area contributed by atoms with Gasteiger partial charge in [0.15, 0.2) is 0 Å². The Morgan fingerprint density at radius 1 is 1.50 bits per heavy atom. The fraction of sp³-hybridized carbons (Fsp3) is 0.583. The molecule has 3 nitrogen and oxygen atoms in total. The quantitative estimate of drug-likeness (QED) is 0.875. The molecule has 0 amide bonds. The molecule has 1 aromatic heterocycles. The Morgan fingerprint density at radius 2 is 2.25 bits per heavy atom. The van der Waals surface area contributed by atoms with Crippen molar-refractivity contribution >= 4 is 27.3 Å². The van der Waals surface area contributed by atoms with Crippen molar-refractivity contribution in [1.29, 1.82) is 0 Å². The van der Waals surface area contributed by atoms with Crippen molar-refractivity contribution in [2.24, 2.45) is 5.41 Å². The van der Waals surface area contributed by atoms with Gasteiger partial charge in [0.25, 0.3) is 0 Å². The van der Waals surface area contributed by atoms with Crippen LogP contribution in [0.4, 0.5) is 11.4 Å². The summed E-state index contributed by atoms with van der Waals surface area (Å²) in [6.07, 6.45) is 7.23. The van der Waals surface area contributed by atoms with E-state index in [9.17, 15) is 0 Å². The fourth-order valence-corrected chi connectivity index (χ4v) is 2.83. The van der Waals surface area contributed by atoms with Crippen molar-refractivity contribution in [1.82, 2.24) is 4.98 Å². The van der Waals surface area contributed by atoms with Crippen LogP contribution < -0.4 is 11.1 Å². The van der Waals surface area contributed by atoms with Crippen LogP contribution in [0.2, 0.25) is 0 Å². The van der Waals surface area contributed by atoms with E-state index >= 15 is 0 Å². The standard InChI is InChI=1S/C12H18BrN3/c1-12(2)5-3-4-10(12)16-11-8(13)6-15-7-9(11)14/h6-7,10H,3-5,14H2,1-2H3,(H,15,16). The second-order valence-electron chi connectivity index (χ2n) is 5.16. The van der Waals surface area contributed by atoms with Crippen molar-refractivity contribution in [3.05, 3.63) is 16.9 Å². The molecule has 3 N–H and O–H groups in total. The molecule has 1 saturated carbocycles. The minimum atomic E-state index is 0.342. The van der Waals surface area contributed by atoms with Crippen molar-refractivity contribution in [3.8, 4) is 0 Å². The monoisotopic (exact) mass is 283 g/mol. The maximum absolute atomic E-state index is 5.93. The van der Waals surface area contributed by atoms with Crippen molar-refractivity contribution in [2.45, 2.75) is 39.2 Å². The summed E-state index contributed by atoms with van der Waals surface area (Å²) in [5.41, 5.74) is 7.96. The largest absolute Gasteiger partial charge is 0.396 e. The molecule has 1 fully saturated rings. The summed E-state index contributed by atoms with van der Waals surface area (Å²) in [7, 11) is 0. The predicted molar refractivity (Wildman–Crippen MR) is 71.4 cm³/mol. The summed E-state index contributed by atoms with van der Waals surface area (Å²) >= 11 is 3.49. The maximum atomic E-state index is 5.93. The number of hydrogen-bond donors (Lipinski definition) is 2. The number of anilines is 2. The van der Waals surface area contributed by atoms with E-state index in [2.05, 4.69) is 40.1 Å². The van der Waals surface area contributed by atoms with E-state index in [-0.39, 0.29) is 0 Å². The number of halogens is 1. The van der Waals surface area contributed by atoms with Crippen LogP contribution in [-0.4, -0.2) is 11.0 Å². The van der Waals surface area contributed by atoms with Crippen LogP contribution in [-0.2, 0) is 0 Å². The molecule has 16 heavy (non-hydrogen) atoms. The first-order chi connectivity index (χ1) is 7.50. The molecule has 0 aromatic carbocycles. The summed E-state index contributed by atoms with van der Waals surface area (Å²) in [4.78, 5) is 4.04. The Morgan fingerprint density at radius 3 is 2.81 bits per heavy atom. The van der Waals surface area contributed by atoms with Crippen LogP contribution in [0.25, 0.3) is 0 Å². The molecule has 0 radical (unpaired) electrons. The molecular weight excluding hydrogens is 266 g/mol. The summed E-state index contributed by atoms with van der Waals surface area (Å²) in [5, 5.41) is 3.56. The van der Waals surface area contributed by atoms with Gasteiger partial charge in [-0.3, -0.25) is 4.98 Å². The Kier molecular flexibility index (Phi) is 3.10. The number of nitrogen functional groups attached to an aromatic ring is 1. The number of nitrogens with two attached hydrogens (primary N) is 1. The normalized spacial score (nSPS) is 23.3. The number of rotatable bonds is 2. The van der Waals surface area contributed by atoms with E-state index in [1.54, 1.807) is 12.4 Å². The molecule has 4 heteroatoms.